The van der Waals surface area contributed by atoms with Gasteiger partial charge in [-0.1, -0.05) is 140 Å². The number of anilines is 6. The van der Waals surface area contributed by atoms with Crippen LogP contribution in [-0.2, 0) is 27.1 Å². The molecule has 3 heterocycles. The molecule has 5 aromatic carbocycles. The second-order valence-electron chi connectivity index (χ2n) is 22.8. The van der Waals surface area contributed by atoms with Gasteiger partial charge in [0.2, 0.25) is 0 Å². The number of nitrogens with zero attached hydrogens (tertiary/aromatic N) is 2. The van der Waals surface area contributed by atoms with Crippen LogP contribution in [0.2, 0.25) is 0 Å². The van der Waals surface area contributed by atoms with Crippen LogP contribution in [0.25, 0.3) is 11.0 Å². The second-order valence-corrected chi connectivity index (χ2v) is 22.8. The highest BCUT2D eigenvalue weighted by Crippen LogP contribution is 2.52. The number of hydrogen-bond donors (Lipinski definition) is 0. The van der Waals surface area contributed by atoms with Crippen molar-refractivity contribution in [3.8, 4) is 0 Å². The smallest absolute Gasteiger partial charge is 0.297 e. The minimum Gasteiger partial charge on any atom is -0.468 e. The topological polar surface area (TPSA) is 19.6 Å². The number of hydrogen-bond acceptors (Lipinski definition) is 3. The van der Waals surface area contributed by atoms with Gasteiger partial charge < -0.3 is 14.2 Å². The molecule has 0 saturated carbocycles. The Bertz CT molecular complexity index is 2640. The molecule has 0 fully saturated rings. The molecule has 0 amide bonds. The van der Waals surface area contributed by atoms with Crippen LogP contribution in [0.3, 0.4) is 0 Å². The van der Waals surface area contributed by atoms with E-state index in [1.54, 1.807) is 0 Å². The first-order valence-electron chi connectivity index (χ1n) is 22.2. The molecule has 304 valence electrons. The monoisotopic (exact) mass is 781 g/mol. The Morgan fingerprint density at radius 1 is 0.559 bits per heavy atom. The summed E-state index contributed by atoms with van der Waals surface area (Å²) in [7, 11) is 0. The van der Waals surface area contributed by atoms with Gasteiger partial charge in [-0.3, -0.25) is 0 Å². The average Bonchev–Trinajstić information content (AvgIpc) is 3.53. The molecule has 9 rings (SSSR count). The Labute approximate surface area is 355 Å². The van der Waals surface area contributed by atoms with Crippen LogP contribution in [0.4, 0.5) is 34.1 Å². The average molecular weight is 781 g/mol. The zero-order valence-electron chi connectivity index (χ0n) is 38.5. The highest BCUT2D eigenvalue weighted by molar-refractivity contribution is 7.00. The summed E-state index contributed by atoms with van der Waals surface area (Å²) >= 11 is 0. The van der Waals surface area contributed by atoms with Gasteiger partial charge in [-0.2, -0.15) is 0 Å². The predicted octanol–water partition coefficient (Wildman–Crippen LogP) is 13.9. The fourth-order valence-electron chi connectivity index (χ4n) is 10.1. The van der Waals surface area contributed by atoms with E-state index in [-0.39, 0.29) is 33.8 Å². The lowest BCUT2D eigenvalue weighted by Gasteiger charge is -2.46. The van der Waals surface area contributed by atoms with Gasteiger partial charge in [-0.15, -0.1) is 0 Å². The normalized spacial score (nSPS) is 16.9. The van der Waals surface area contributed by atoms with Crippen molar-refractivity contribution in [1.82, 2.24) is 0 Å². The Morgan fingerprint density at radius 3 is 1.54 bits per heavy atom. The van der Waals surface area contributed by atoms with Gasteiger partial charge >= 0.3 is 0 Å². The standard InChI is InChI=1S/C55H65BN2O/c1-33(2)34-28-45-48-46(29-34)58(39-23-18-36(19-24-39)52(6,7)8)49-40-30-37(53(9,10)11)20-25-47(40)59-50(49)56(48)43-31-41-42(55(14,15)27-26-54(41,12)13)32-44(43)57(45)38-21-16-35(17-22-38)51(3,4)5/h16-25,28-33H,26-27H2,1-15H3. The van der Waals surface area contributed by atoms with Gasteiger partial charge in [0.1, 0.15) is 5.58 Å². The molecule has 0 unspecified atom stereocenters. The molecule has 0 saturated heterocycles. The van der Waals surface area contributed by atoms with E-state index in [0.29, 0.717) is 5.92 Å². The van der Waals surface area contributed by atoms with E-state index in [4.69, 9.17) is 4.42 Å². The van der Waals surface area contributed by atoms with Crippen molar-refractivity contribution in [1.29, 1.82) is 0 Å². The van der Waals surface area contributed by atoms with Crippen LogP contribution in [0.15, 0.2) is 95.4 Å². The SMILES string of the molecule is CC(C)c1cc2c3c(c1)N(c1ccc(C(C)(C)C)cc1)c1c(oc4ccc(C(C)(C)C)cc14)B3c1cc3c(cc1N2c1ccc(C(C)(C)C)cc1)C(C)(C)CCC3(C)C. The van der Waals surface area contributed by atoms with Crippen LogP contribution < -0.4 is 26.4 Å². The zero-order valence-corrected chi connectivity index (χ0v) is 38.5. The summed E-state index contributed by atoms with van der Waals surface area (Å²) in [6.07, 6.45) is 2.33. The van der Waals surface area contributed by atoms with E-state index in [9.17, 15) is 0 Å². The van der Waals surface area contributed by atoms with Crippen molar-refractivity contribution in [3.05, 3.63) is 124 Å². The maximum Gasteiger partial charge on any atom is 0.297 e. The molecule has 0 N–H and O–H groups in total. The van der Waals surface area contributed by atoms with Crippen molar-refractivity contribution in [2.45, 2.75) is 150 Å². The Morgan fingerprint density at radius 2 is 1.03 bits per heavy atom. The van der Waals surface area contributed by atoms with Gasteiger partial charge in [-0.25, -0.2) is 0 Å². The van der Waals surface area contributed by atoms with Crippen molar-refractivity contribution in [2.75, 3.05) is 9.80 Å². The predicted molar refractivity (Wildman–Crippen MR) is 256 cm³/mol. The Balaban J connectivity index is 1.43. The molecular formula is C55H65BN2O. The summed E-state index contributed by atoms with van der Waals surface area (Å²) in [5.74, 6) is 0.324. The summed E-state index contributed by atoms with van der Waals surface area (Å²) in [4.78, 5) is 5.16. The molecule has 4 heteroatoms. The summed E-state index contributed by atoms with van der Waals surface area (Å²) in [5.41, 5.74) is 20.4. The Hall–Kier alpha value is -4.70. The fraction of sp³-hybridized carbons (Fsp3) is 0.418. The van der Waals surface area contributed by atoms with Crippen LogP contribution in [0.1, 0.15) is 156 Å². The molecule has 0 spiro atoms. The van der Waals surface area contributed by atoms with Gasteiger partial charge in [0.25, 0.3) is 6.71 Å². The van der Waals surface area contributed by atoms with Gasteiger partial charge in [0.05, 0.1) is 11.3 Å². The minimum absolute atomic E-state index is 0.0139. The molecule has 2 aliphatic heterocycles. The number of benzene rings is 5. The number of rotatable bonds is 3. The third kappa shape index (κ3) is 6.29. The van der Waals surface area contributed by atoms with E-state index in [2.05, 4.69) is 205 Å². The lowest BCUT2D eigenvalue weighted by atomic mass is 9.35. The lowest BCUT2D eigenvalue weighted by molar-refractivity contribution is 0.332. The van der Waals surface area contributed by atoms with Crippen molar-refractivity contribution >= 4 is 68.4 Å². The first kappa shape index (κ1) is 39.7. The van der Waals surface area contributed by atoms with Gasteiger partial charge in [0.15, 0.2) is 0 Å². The van der Waals surface area contributed by atoms with Crippen LogP contribution in [-0.4, -0.2) is 6.71 Å². The molecule has 1 aliphatic carbocycles. The maximum atomic E-state index is 7.34. The maximum absolute atomic E-state index is 7.34. The highest BCUT2D eigenvalue weighted by Gasteiger charge is 2.49. The van der Waals surface area contributed by atoms with Crippen LogP contribution in [0.5, 0.6) is 0 Å². The first-order valence-corrected chi connectivity index (χ1v) is 22.2. The van der Waals surface area contributed by atoms with Crippen LogP contribution >= 0.6 is 0 Å². The molecule has 3 aliphatic rings. The molecular weight excluding hydrogens is 715 g/mol. The molecule has 0 radical (unpaired) electrons. The lowest BCUT2D eigenvalue weighted by Crippen LogP contribution is -2.61. The van der Waals surface area contributed by atoms with Crippen LogP contribution in [0, 0.1) is 0 Å². The molecule has 59 heavy (non-hydrogen) atoms. The molecule has 1 aromatic heterocycles. The first-order chi connectivity index (χ1) is 27.5. The Kier molecular flexibility index (Phi) is 8.69. The quantitative estimate of drug-likeness (QED) is 0.167. The second kappa shape index (κ2) is 12.9. The fourth-order valence-corrected chi connectivity index (χ4v) is 10.1. The molecule has 0 atom stereocenters. The summed E-state index contributed by atoms with van der Waals surface area (Å²) in [5, 5.41) is 1.18. The summed E-state index contributed by atoms with van der Waals surface area (Å²) in [6, 6.07) is 35.9. The minimum atomic E-state index is -0.0852. The number of fused-ring (bicyclic) bond motifs is 7. The molecule has 3 nitrogen and oxygen atoms in total. The van der Waals surface area contributed by atoms with E-state index < -0.39 is 0 Å². The third-order valence-electron chi connectivity index (χ3n) is 14.2. The van der Waals surface area contributed by atoms with E-state index in [0.717, 1.165) is 23.4 Å². The third-order valence-corrected chi connectivity index (χ3v) is 14.2. The van der Waals surface area contributed by atoms with Crippen molar-refractivity contribution in [3.63, 3.8) is 0 Å². The number of furan rings is 1. The van der Waals surface area contributed by atoms with Gasteiger partial charge in [0, 0.05) is 33.8 Å². The largest absolute Gasteiger partial charge is 0.468 e. The van der Waals surface area contributed by atoms with Gasteiger partial charge in [-0.05, 0) is 145 Å². The molecule has 0 bridgehead atoms. The summed E-state index contributed by atoms with van der Waals surface area (Å²) in [6.45, 7) is 35.2. The van der Waals surface area contributed by atoms with E-state index in [1.165, 1.54) is 84.6 Å². The van der Waals surface area contributed by atoms with E-state index >= 15 is 0 Å². The molecule has 6 aromatic rings. The zero-order chi connectivity index (χ0) is 42.4. The van der Waals surface area contributed by atoms with E-state index in [1.807, 2.05) is 0 Å². The highest BCUT2D eigenvalue weighted by atomic mass is 16.3. The summed E-state index contributed by atoms with van der Waals surface area (Å²) < 4.78 is 7.34. The van der Waals surface area contributed by atoms with Crippen molar-refractivity contribution in [2.24, 2.45) is 0 Å². The van der Waals surface area contributed by atoms with Crippen molar-refractivity contribution < 1.29 is 4.42 Å².